The Labute approximate surface area is 120 Å². The number of carbonyl (C=O) groups excluding carboxylic acids is 1. The number of methoxy groups -OCH3 is 2. The fraction of sp³-hybridized carbons (Fsp3) is 0.462. The molecule has 0 fully saturated rings. The van der Waals surface area contributed by atoms with Crippen LogP contribution in [0.25, 0.3) is 0 Å². The highest BCUT2D eigenvalue weighted by atomic mass is 19.4. The van der Waals surface area contributed by atoms with E-state index in [4.69, 9.17) is 9.47 Å². The Morgan fingerprint density at radius 1 is 1.29 bits per heavy atom. The number of nitrogens with one attached hydrogen (secondary N) is 1. The molecular weight excluding hydrogens is 291 g/mol. The van der Waals surface area contributed by atoms with Crippen LogP contribution in [0.15, 0.2) is 18.2 Å². The molecular formula is C13H16F3NO4. The molecule has 0 radical (unpaired) electrons. The number of carbonyl (C=O) groups is 1. The summed E-state index contributed by atoms with van der Waals surface area (Å²) >= 11 is 0. The third-order valence-corrected chi connectivity index (χ3v) is 2.60. The van der Waals surface area contributed by atoms with Gasteiger partial charge in [-0.15, -0.1) is 0 Å². The number of alkyl carbamates (subject to hydrolysis) is 1. The Morgan fingerprint density at radius 3 is 2.48 bits per heavy atom. The number of rotatable bonds is 5. The minimum Gasteiger partial charge on any atom is -0.497 e. The molecule has 0 bridgehead atoms. The molecule has 5 nitrogen and oxygen atoms in total. The van der Waals surface area contributed by atoms with Crippen LogP contribution in [-0.2, 0) is 4.74 Å². The lowest BCUT2D eigenvalue weighted by Crippen LogP contribution is -2.31. The normalized spacial score (nSPS) is 12.5. The summed E-state index contributed by atoms with van der Waals surface area (Å²) in [5.74, 6) is 1.00. The summed E-state index contributed by atoms with van der Waals surface area (Å²) in [5.41, 5.74) is 0.556. The largest absolute Gasteiger partial charge is 0.497 e. The summed E-state index contributed by atoms with van der Waals surface area (Å²) in [5, 5.41) is 2.30. The summed E-state index contributed by atoms with van der Waals surface area (Å²) in [7, 11) is 2.92. The van der Waals surface area contributed by atoms with Gasteiger partial charge in [-0.05, 0) is 25.1 Å². The van der Waals surface area contributed by atoms with Crippen LogP contribution in [0.5, 0.6) is 11.5 Å². The van der Waals surface area contributed by atoms with Crippen molar-refractivity contribution in [2.24, 2.45) is 0 Å². The first-order chi connectivity index (χ1) is 9.76. The second kappa shape index (κ2) is 7.05. The fourth-order valence-electron chi connectivity index (χ4n) is 1.62. The lowest BCUT2D eigenvalue weighted by atomic mass is 10.1. The lowest BCUT2D eigenvalue weighted by Gasteiger charge is -2.18. The standard InChI is InChI=1S/C13H16F3NO4/c1-8(17-12(18)21-7-13(14,15)16)10-6-9(19-2)4-5-11(10)20-3/h4-6,8H,7H2,1-3H3,(H,17,18). The van der Waals surface area contributed by atoms with Crippen molar-refractivity contribution in [2.75, 3.05) is 20.8 Å². The van der Waals surface area contributed by atoms with E-state index >= 15 is 0 Å². The van der Waals surface area contributed by atoms with Crippen molar-refractivity contribution in [1.29, 1.82) is 0 Å². The number of hydrogen-bond donors (Lipinski definition) is 1. The molecule has 0 aliphatic carbocycles. The molecule has 8 heteroatoms. The Balaban J connectivity index is 2.74. The third-order valence-electron chi connectivity index (χ3n) is 2.60. The van der Waals surface area contributed by atoms with Crippen LogP contribution < -0.4 is 14.8 Å². The Hall–Kier alpha value is -2.12. The molecule has 0 aromatic heterocycles. The van der Waals surface area contributed by atoms with Crippen LogP contribution in [0.3, 0.4) is 0 Å². The van der Waals surface area contributed by atoms with Gasteiger partial charge in [0.25, 0.3) is 0 Å². The molecule has 1 atom stereocenters. The highest BCUT2D eigenvalue weighted by molar-refractivity contribution is 5.68. The molecule has 0 aliphatic heterocycles. The van der Waals surface area contributed by atoms with Crippen molar-refractivity contribution in [3.63, 3.8) is 0 Å². The topological polar surface area (TPSA) is 56.8 Å². The van der Waals surface area contributed by atoms with Gasteiger partial charge in [0.05, 0.1) is 20.3 Å². The van der Waals surface area contributed by atoms with E-state index in [1.54, 1.807) is 25.1 Å². The van der Waals surface area contributed by atoms with Gasteiger partial charge < -0.3 is 19.5 Å². The zero-order valence-electron chi connectivity index (χ0n) is 11.8. The van der Waals surface area contributed by atoms with Crippen molar-refractivity contribution < 1.29 is 32.2 Å². The molecule has 21 heavy (non-hydrogen) atoms. The van der Waals surface area contributed by atoms with Gasteiger partial charge in [0.2, 0.25) is 0 Å². The average Bonchev–Trinajstić information content (AvgIpc) is 2.43. The van der Waals surface area contributed by atoms with Crippen LogP contribution in [-0.4, -0.2) is 33.1 Å². The first kappa shape index (κ1) is 16.9. The predicted molar refractivity (Wildman–Crippen MR) is 68.5 cm³/mol. The maximum Gasteiger partial charge on any atom is 0.422 e. The smallest absolute Gasteiger partial charge is 0.422 e. The zero-order chi connectivity index (χ0) is 16.0. The zero-order valence-corrected chi connectivity index (χ0v) is 11.8. The molecule has 0 saturated carbocycles. The second-order valence-corrected chi connectivity index (χ2v) is 4.17. The molecule has 1 N–H and O–H groups in total. The lowest BCUT2D eigenvalue weighted by molar-refractivity contribution is -0.160. The van der Waals surface area contributed by atoms with Crippen molar-refractivity contribution in [3.8, 4) is 11.5 Å². The van der Waals surface area contributed by atoms with Crippen LogP contribution in [0, 0.1) is 0 Å². The van der Waals surface area contributed by atoms with E-state index in [-0.39, 0.29) is 0 Å². The van der Waals surface area contributed by atoms with E-state index in [0.717, 1.165) is 0 Å². The quantitative estimate of drug-likeness (QED) is 0.908. The monoisotopic (exact) mass is 307 g/mol. The van der Waals surface area contributed by atoms with Gasteiger partial charge in [-0.3, -0.25) is 0 Å². The first-order valence-electron chi connectivity index (χ1n) is 5.98. The summed E-state index contributed by atoms with van der Waals surface area (Å²) in [6.45, 7) is -0.0487. The van der Waals surface area contributed by atoms with Gasteiger partial charge in [-0.25, -0.2) is 4.79 Å². The van der Waals surface area contributed by atoms with Crippen LogP contribution in [0.2, 0.25) is 0 Å². The Morgan fingerprint density at radius 2 is 1.95 bits per heavy atom. The maximum atomic E-state index is 12.0. The minimum atomic E-state index is -4.56. The highest BCUT2D eigenvalue weighted by Crippen LogP contribution is 2.29. The average molecular weight is 307 g/mol. The molecule has 1 aromatic carbocycles. The van der Waals surface area contributed by atoms with Crippen molar-refractivity contribution in [1.82, 2.24) is 5.32 Å². The summed E-state index contributed by atoms with van der Waals surface area (Å²) in [4.78, 5) is 11.3. The molecule has 0 heterocycles. The number of benzene rings is 1. The number of amides is 1. The molecule has 1 amide bonds. The van der Waals surface area contributed by atoms with Crippen LogP contribution in [0.1, 0.15) is 18.5 Å². The first-order valence-corrected chi connectivity index (χ1v) is 5.98. The second-order valence-electron chi connectivity index (χ2n) is 4.17. The maximum absolute atomic E-state index is 12.0. The van der Waals surface area contributed by atoms with E-state index in [1.165, 1.54) is 14.2 Å². The summed E-state index contributed by atoms with van der Waals surface area (Å²) in [6.07, 6.45) is -5.72. The fourth-order valence-corrected chi connectivity index (χ4v) is 1.62. The number of alkyl halides is 3. The molecule has 0 saturated heterocycles. The van der Waals surface area contributed by atoms with E-state index in [9.17, 15) is 18.0 Å². The van der Waals surface area contributed by atoms with Crippen molar-refractivity contribution in [3.05, 3.63) is 23.8 Å². The number of ether oxygens (including phenoxy) is 3. The molecule has 0 spiro atoms. The molecule has 1 aromatic rings. The third kappa shape index (κ3) is 5.41. The molecule has 1 unspecified atom stereocenters. The Kier molecular flexibility index (Phi) is 5.69. The minimum absolute atomic E-state index is 0.472. The summed E-state index contributed by atoms with van der Waals surface area (Å²) in [6, 6.07) is 4.30. The van der Waals surface area contributed by atoms with Crippen molar-refractivity contribution >= 4 is 6.09 Å². The highest BCUT2D eigenvalue weighted by Gasteiger charge is 2.30. The van der Waals surface area contributed by atoms with E-state index in [0.29, 0.717) is 17.1 Å². The van der Waals surface area contributed by atoms with Crippen LogP contribution >= 0.6 is 0 Å². The van der Waals surface area contributed by atoms with E-state index in [2.05, 4.69) is 10.1 Å². The van der Waals surface area contributed by atoms with Crippen LogP contribution in [0.4, 0.5) is 18.0 Å². The molecule has 118 valence electrons. The number of hydrogen-bond acceptors (Lipinski definition) is 4. The van der Waals surface area contributed by atoms with Gasteiger partial charge in [0.1, 0.15) is 11.5 Å². The summed E-state index contributed by atoms with van der Waals surface area (Å²) < 4.78 is 50.1. The Bertz CT molecular complexity index is 491. The van der Waals surface area contributed by atoms with E-state index < -0.39 is 24.9 Å². The predicted octanol–water partition coefficient (Wildman–Crippen LogP) is 3.05. The van der Waals surface area contributed by atoms with E-state index in [1.807, 2.05) is 0 Å². The van der Waals surface area contributed by atoms with Gasteiger partial charge in [0.15, 0.2) is 6.61 Å². The van der Waals surface area contributed by atoms with Gasteiger partial charge in [-0.2, -0.15) is 13.2 Å². The SMILES string of the molecule is COc1ccc(OC)c(C(C)NC(=O)OCC(F)(F)F)c1. The molecule has 0 aliphatic rings. The van der Waals surface area contributed by atoms with Gasteiger partial charge in [-0.1, -0.05) is 0 Å². The molecule has 1 rings (SSSR count). The van der Waals surface area contributed by atoms with Gasteiger partial charge >= 0.3 is 12.3 Å². The van der Waals surface area contributed by atoms with Gasteiger partial charge in [0, 0.05) is 5.56 Å². The number of halogens is 3. The van der Waals surface area contributed by atoms with Crippen molar-refractivity contribution in [2.45, 2.75) is 19.1 Å².